The smallest absolute Gasteiger partial charge is 0.198 e. The molecule has 0 N–H and O–H groups in total. The lowest BCUT2D eigenvalue weighted by atomic mass is 10.2. The maximum atomic E-state index is 11.1. The molecule has 0 aliphatic carbocycles. The number of carbonyl (C=O) groups is 1. The van der Waals surface area contributed by atoms with Crippen LogP contribution in [-0.4, -0.2) is 25.3 Å². The van der Waals surface area contributed by atoms with Crippen molar-refractivity contribution in [1.29, 1.82) is 0 Å². The Morgan fingerprint density at radius 2 is 2.36 bits per heavy atom. The first-order chi connectivity index (χ1) is 5.15. The maximum absolute atomic E-state index is 11.1. The molecule has 0 radical (unpaired) electrons. The van der Waals surface area contributed by atoms with Gasteiger partial charge in [-0.05, 0) is 28.9 Å². The first-order valence-electron chi connectivity index (χ1n) is 3.25. The number of ether oxygens (including phenoxy) is 2. The third-order valence-electron chi connectivity index (χ3n) is 1.46. The van der Waals surface area contributed by atoms with E-state index in [0.717, 1.165) is 0 Å². The van der Waals surface area contributed by atoms with Gasteiger partial charge >= 0.3 is 0 Å². The summed E-state index contributed by atoms with van der Waals surface area (Å²) in [7, 11) is 1.53. The van der Waals surface area contributed by atoms with Crippen molar-refractivity contribution >= 4 is 21.7 Å². The average molecular weight is 221 g/mol. The Balaban J connectivity index is 2.76. The van der Waals surface area contributed by atoms with Crippen LogP contribution in [0, 0.1) is 0 Å². The van der Waals surface area contributed by atoms with E-state index >= 15 is 0 Å². The van der Waals surface area contributed by atoms with Gasteiger partial charge in [0.15, 0.2) is 12.1 Å². The van der Waals surface area contributed by atoms with Crippen molar-refractivity contribution in [1.82, 2.24) is 0 Å². The van der Waals surface area contributed by atoms with Crippen LogP contribution in [0.25, 0.3) is 0 Å². The molecular weight excluding hydrogens is 212 g/mol. The summed E-state index contributed by atoms with van der Waals surface area (Å²) >= 11 is 3.13. The van der Waals surface area contributed by atoms with Crippen LogP contribution in [0.3, 0.4) is 0 Å². The summed E-state index contributed by atoms with van der Waals surface area (Å²) in [5.41, 5.74) is 0. The van der Waals surface area contributed by atoms with Crippen molar-refractivity contribution in [2.24, 2.45) is 0 Å². The SMILES string of the molecule is CO[C@H]1C=C(Br)C(=O)[C@@H](C)O1. The maximum Gasteiger partial charge on any atom is 0.198 e. The Bertz CT molecular complexity index is 200. The minimum atomic E-state index is -0.417. The molecule has 11 heavy (non-hydrogen) atoms. The molecule has 1 aliphatic heterocycles. The van der Waals surface area contributed by atoms with E-state index in [9.17, 15) is 4.79 Å². The van der Waals surface area contributed by atoms with Crippen LogP contribution in [0.1, 0.15) is 6.92 Å². The van der Waals surface area contributed by atoms with Gasteiger partial charge in [-0.15, -0.1) is 0 Å². The Morgan fingerprint density at radius 1 is 1.73 bits per heavy atom. The summed E-state index contributed by atoms with van der Waals surface area (Å²) in [6.07, 6.45) is 0.777. The van der Waals surface area contributed by atoms with Crippen LogP contribution in [0.15, 0.2) is 10.6 Å². The van der Waals surface area contributed by atoms with Crippen LogP contribution < -0.4 is 0 Å². The number of Topliss-reactive ketones (excluding diaryl/α,β-unsaturated/α-hetero) is 1. The fourth-order valence-corrected chi connectivity index (χ4v) is 1.36. The number of halogens is 1. The third kappa shape index (κ3) is 1.89. The van der Waals surface area contributed by atoms with Gasteiger partial charge in [0.1, 0.15) is 6.10 Å². The van der Waals surface area contributed by atoms with E-state index in [2.05, 4.69) is 15.9 Å². The number of carbonyl (C=O) groups excluding carboxylic acids is 1. The van der Waals surface area contributed by atoms with Crippen LogP contribution in [0.2, 0.25) is 0 Å². The van der Waals surface area contributed by atoms with Crippen molar-refractivity contribution in [2.75, 3.05) is 7.11 Å². The molecule has 2 atom stereocenters. The van der Waals surface area contributed by atoms with Gasteiger partial charge in [0.2, 0.25) is 0 Å². The van der Waals surface area contributed by atoms with Gasteiger partial charge < -0.3 is 9.47 Å². The van der Waals surface area contributed by atoms with Gasteiger partial charge in [-0.3, -0.25) is 4.79 Å². The fourth-order valence-electron chi connectivity index (χ4n) is 0.822. The van der Waals surface area contributed by atoms with Crippen molar-refractivity contribution in [3.05, 3.63) is 10.6 Å². The van der Waals surface area contributed by atoms with Gasteiger partial charge in [0, 0.05) is 7.11 Å². The van der Waals surface area contributed by atoms with Crippen LogP contribution in [0.5, 0.6) is 0 Å². The molecule has 62 valence electrons. The summed E-state index contributed by atoms with van der Waals surface area (Å²) in [6.45, 7) is 1.70. The lowest BCUT2D eigenvalue weighted by molar-refractivity contribution is -0.152. The zero-order chi connectivity index (χ0) is 8.43. The van der Waals surface area contributed by atoms with Gasteiger partial charge in [-0.2, -0.15) is 0 Å². The summed E-state index contributed by atoms with van der Waals surface area (Å²) < 4.78 is 10.6. The van der Waals surface area contributed by atoms with Crippen molar-refractivity contribution in [2.45, 2.75) is 19.3 Å². The second kappa shape index (κ2) is 3.47. The first kappa shape index (κ1) is 8.90. The lowest BCUT2D eigenvalue weighted by Gasteiger charge is -2.22. The average Bonchev–Trinajstić information content (AvgIpc) is 1.99. The second-order valence-electron chi connectivity index (χ2n) is 2.26. The molecule has 0 fully saturated rings. The van der Waals surface area contributed by atoms with Crippen molar-refractivity contribution < 1.29 is 14.3 Å². The minimum Gasteiger partial charge on any atom is -0.352 e. The van der Waals surface area contributed by atoms with E-state index in [0.29, 0.717) is 4.48 Å². The summed E-state index contributed by atoms with van der Waals surface area (Å²) in [5.74, 6) is -0.0432. The molecule has 0 aromatic carbocycles. The minimum absolute atomic E-state index is 0.0432. The Hall–Kier alpha value is -0.190. The molecule has 0 saturated heterocycles. The molecule has 0 bridgehead atoms. The molecular formula is C7H9BrO3. The Kier molecular flexibility index (Phi) is 2.81. The fraction of sp³-hybridized carbons (Fsp3) is 0.571. The van der Waals surface area contributed by atoms with E-state index in [1.54, 1.807) is 13.0 Å². The van der Waals surface area contributed by atoms with E-state index in [1.807, 2.05) is 0 Å². The topological polar surface area (TPSA) is 35.5 Å². The third-order valence-corrected chi connectivity index (χ3v) is 2.11. The highest BCUT2D eigenvalue weighted by Gasteiger charge is 2.25. The van der Waals surface area contributed by atoms with Gasteiger partial charge in [0.25, 0.3) is 0 Å². The highest BCUT2D eigenvalue weighted by Crippen LogP contribution is 2.19. The number of ketones is 1. The Labute approximate surface area is 73.5 Å². The molecule has 1 rings (SSSR count). The van der Waals surface area contributed by atoms with E-state index in [-0.39, 0.29) is 5.78 Å². The van der Waals surface area contributed by atoms with Crippen molar-refractivity contribution in [3.8, 4) is 0 Å². The zero-order valence-electron chi connectivity index (χ0n) is 6.33. The predicted octanol–water partition coefficient (Wildman–Crippen LogP) is 1.23. The summed E-state index contributed by atoms with van der Waals surface area (Å²) in [6, 6.07) is 0. The molecule has 1 aliphatic rings. The molecule has 1 heterocycles. The standard InChI is InChI=1S/C7H9BrO3/c1-4-7(9)5(8)3-6(10-2)11-4/h3-4,6H,1-2H3/t4-,6-/m1/s1. The number of hydrogen-bond acceptors (Lipinski definition) is 3. The summed E-state index contributed by atoms with van der Waals surface area (Å²) in [4.78, 5) is 11.1. The second-order valence-corrected chi connectivity index (χ2v) is 3.12. The number of rotatable bonds is 1. The van der Waals surface area contributed by atoms with Crippen LogP contribution in [0.4, 0.5) is 0 Å². The molecule has 0 amide bonds. The molecule has 3 nitrogen and oxygen atoms in total. The number of methoxy groups -OCH3 is 1. The van der Waals surface area contributed by atoms with Gasteiger partial charge in [-0.1, -0.05) is 0 Å². The summed E-state index contributed by atoms with van der Waals surface area (Å²) in [5, 5.41) is 0. The first-order valence-corrected chi connectivity index (χ1v) is 4.04. The predicted molar refractivity (Wildman–Crippen MR) is 43.4 cm³/mol. The highest BCUT2D eigenvalue weighted by molar-refractivity contribution is 9.12. The van der Waals surface area contributed by atoms with E-state index in [1.165, 1.54) is 7.11 Å². The Morgan fingerprint density at radius 3 is 2.82 bits per heavy atom. The molecule has 4 heteroatoms. The zero-order valence-corrected chi connectivity index (χ0v) is 7.92. The van der Waals surface area contributed by atoms with Gasteiger partial charge in [-0.25, -0.2) is 0 Å². The quantitative estimate of drug-likeness (QED) is 0.667. The normalized spacial score (nSPS) is 31.9. The molecule has 0 aromatic rings. The lowest BCUT2D eigenvalue weighted by Crippen LogP contribution is -2.31. The highest BCUT2D eigenvalue weighted by atomic mass is 79.9. The molecule has 0 aromatic heterocycles. The van der Waals surface area contributed by atoms with Crippen molar-refractivity contribution in [3.63, 3.8) is 0 Å². The molecule has 0 unspecified atom stereocenters. The van der Waals surface area contributed by atoms with E-state index in [4.69, 9.17) is 9.47 Å². The van der Waals surface area contributed by atoms with Crippen LogP contribution in [-0.2, 0) is 14.3 Å². The van der Waals surface area contributed by atoms with Crippen LogP contribution >= 0.6 is 15.9 Å². The molecule has 0 saturated carbocycles. The number of hydrogen-bond donors (Lipinski definition) is 0. The largest absolute Gasteiger partial charge is 0.352 e. The van der Waals surface area contributed by atoms with Gasteiger partial charge in [0.05, 0.1) is 4.48 Å². The monoisotopic (exact) mass is 220 g/mol. The molecule has 0 spiro atoms. The van der Waals surface area contributed by atoms with E-state index < -0.39 is 12.4 Å².